The van der Waals surface area contributed by atoms with E-state index < -0.39 is 54.0 Å². The van der Waals surface area contributed by atoms with Crippen LogP contribution in [-0.4, -0.2) is 80.6 Å². The van der Waals surface area contributed by atoms with Crippen LogP contribution in [0, 0.1) is 0 Å². The molecular formula is C29H35N5O6. The molecule has 2 heterocycles. The number of amides is 3. The standard InChI is InChI=1S/C29H35N5O6/c1-17(35)25(28(38)34-13-7-12-24(34)29(39)40)33-27(37)23(15-19-16-31-22-11-6-5-10-20(19)22)32-26(36)21(30)14-18-8-3-2-4-9-18/h2-6,8-11,16-17,21,23-25,31,35H,7,12-15,30H2,1H3,(H,32,36)(H,33,37)(H,39,40). The number of rotatable bonds is 11. The first-order valence-corrected chi connectivity index (χ1v) is 13.3. The van der Waals surface area contributed by atoms with Gasteiger partial charge < -0.3 is 36.5 Å². The Morgan fingerprint density at radius 2 is 1.73 bits per heavy atom. The highest BCUT2D eigenvalue weighted by atomic mass is 16.4. The maximum Gasteiger partial charge on any atom is 0.326 e. The lowest BCUT2D eigenvalue weighted by Gasteiger charge is -2.30. The van der Waals surface area contributed by atoms with E-state index in [4.69, 9.17) is 5.73 Å². The number of nitrogens with two attached hydrogens (primary N) is 1. The number of H-pyrrole nitrogens is 1. The maximum absolute atomic E-state index is 13.6. The molecule has 1 fully saturated rings. The molecule has 4 rings (SSSR count). The minimum atomic E-state index is -1.40. The predicted molar refractivity (Wildman–Crippen MR) is 148 cm³/mol. The van der Waals surface area contributed by atoms with Gasteiger partial charge in [0.15, 0.2) is 0 Å². The summed E-state index contributed by atoms with van der Waals surface area (Å²) in [6.07, 6.45) is 1.58. The van der Waals surface area contributed by atoms with E-state index in [1.165, 1.54) is 11.8 Å². The van der Waals surface area contributed by atoms with Crippen LogP contribution in [0.2, 0.25) is 0 Å². The number of carbonyl (C=O) groups is 4. The van der Waals surface area contributed by atoms with Gasteiger partial charge in [0.25, 0.3) is 0 Å². The number of carbonyl (C=O) groups excluding carboxylic acids is 3. The van der Waals surface area contributed by atoms with Crippen LogP contribution in [0.4, 0.5) is 0 Å². The van der Waals surface area contributed by atoms with Crippen molar-refractivity contribution >= 4 is 34.6 Å². The normalized spacial score (nSPS) is 18.1. The second-order valence-electron chi connectivity index (χ2n) is 10.2. The molecule has 3 amide bonds. The Hall–Kier alpha value is -4.22. The van der Waals surface area contributed by atoms with Gasteiger partial charge in [-0.15, -0.1) is 0 Å². The zero-order valence-corrected chi connectivity index (χ0v) is 22.2. The van der Waals surface area contributed by atoms with Gasteiger partial charge in [0.2, 0.25) is 17.7 Å². The number of aliphatic carboxylic acids is 1. The summed E-state index contributed by atoms with van der Waals surface area (Å²) in [5.74, 6) is -3.07. The van der Waals surface area contributed by atoms with Gasteiger partial charge in [0.1, 0.15) is 18.1 Å². The molecule has 0 spiro atoms. The number of hydrogen-bond donors (Lipinski definition) is 6. The van der Waals surface area contributed by atoms with Crippen LogP contribution in [0.5, 0.6) is 0 Å². The molecule has 11 heteroatoms. The van der Waals surface area contributed by atoms with Gasteiger partial charge in [-0.2, -0.15) is 0 Å². The summed E-state index contributed by atoms with van der Waals surface area (Å²) < 4.78 is 0. The van der Waals surface area contributed by atoms with Crippen molar-refractivity contribution < 1.29 is 29.4 Å². The van der Waals surface area contributed by atoms with Crippen LogP contribution in [-0.2, 0) is 32.0 Å². The van der Waals surface area contributed by atoms with Crippen molar-refractivity contribution in [3.8, 4) is 0 Å². The van der Waals surface area contributed by atoms with Crippen LogP contribution in [0.15, 0.2) is 60.8 Å². The minimum absolute atomic E-state index is 0.0851. The SMILES string of the molecule is CC(O)C(NC(=O)C(Cc1c[nH]c2ccccc12)NC(=O)C(N)Cc1ccccc1)C(=O)N1CCCC1C(=O)O. The van der Waals surface area contributed by atoms with Gasteiger partial charge in [-0.1, -0.05) is 48.5 Å². The van der Waals surface area contributed by atoms with E-state index in [2.05, 4.69) is 15.6 Å². The smallest absolute Gasteiger partial charge is 0.326 e. The number of carboxylic acids is 1. The molecule has 0 bridgehead atoms. The monoisotopic (exact) mass is 549 g/mol. The highest BCUT2D eigenvalue weighted by Gasteiger charge is 2.40. The van der Waals surface area contributed by atoms with E-state index in [-0.39, 0.29) is 19.4 Å². The lowest BCUT2D eigenvalue weighted by molar-refractivity contribution is -0.150. The molecule has 1 saturated heterocycles. The molecule has 212 valence electrons. The zero-order chi connectivity index (χ0) is 28.8. The summed E-state index contributed by atoms with van der Waals surface area (Å²) in [6, 6.07) is 12.3. The van der Waals surface area contributed by atoms with Crippen molar-refractivity contribution in [2.45, 2.75) is 62.9 Å². The van der Waals surface area contributed by atoms with Crippen LogP contribution in [0.25, 0.3) is 10.9 Å². The van der Waals surface area contributed by atoms with Crippen LogP contribution in [0.3, 0.4) is 0 Å². The lowest BCUT2D eigenvalue weighted by atomic mass is 10.0. The topological polar surface area (TPSA) is 178 Å². The summed E-state index contributed by atoms with van der Waals surface area (Å²) in [5.41, 5.74) is 8.66. The lowest BCUT2D eigenvalue weighted by Crippen LogP contribution is -2.60. The van der Waals surface area contributed by atoms with Gasteiger partial charge in [-0.05, 0) is 43.4 Å². The molecule has 1 aliphatic rings. The summed E-state index contributed by atoms with van der Waals surface area (Å²) in [7, 11) is 0. The average molecular weight is 550 g/mol. The summed E-state index contributed by atoms with van der Waals surface area (Å²) in [5, 5.41) is 26.1. The molecule has 5 unspecified atom stereocenters. The van der Waals surface area contributed by atoms with Gasteiger partial charge >= 0.3 is 5.97 Å². The number of likely N-dealkylation sites (tertiary alicyclic amines) is 1. The fourth-order valence-corrected chi connectivity index (χ4v) is 5.08. The number of benzene rings is 2. The number of hydrogen-bond acceptors (Lipinski definition) is 6. The summed E-state index contributed by atoms with van der Waals surface area (Å²) in [6.45, 7) is 1.55. The van der Waals surface area contributed by atoms with Gasteiger partial charge in [-0.25, -0.2) is 4.79 Å². The highest BCUT2D eigenvalue weighted by molar-refractivity contribution is 5.95. The molecular weight excluding hydrogens is 514 g/mol. The largest absolute Gasteiger partial charge is 0.480 e. The fraction of sp³-hybridized carbons (Fsp3) is 0.379. The first kappa shape index (κ1) is 28.8. The van der Waals surface area contributed by atoms with Crippen molar-refractivity contribution in [3.63, 3.8) is 0 Å². The molecule has 3 aromatic rings. The Labute approximate surface area is 231 Å². The molecule has 1 aromatic heterocycles. The van der Waals surface area contributed by atoms with E-state index in [9.17, 15) is 29.4 Å². The number of carboxylic acid groups (broad SMARTS) is 1. The van der Waals surface area contributed by atoms with Crippen molar-refractivity contribution in [3.05, 3.63) is 71.9 Å². The zero-order valence-electron chi connectivity index (χ0n) is 22.2. The second-order valence-corrected chi connectivity index (χ2v) is 10.2. The molecule has 5 atom stereocenters. The van der Waals surface area contributed by atoms with Crippen LogP contribution < -0.4 is 16.4 Å². The molecule has 0 saturated carbocycles. The van der Waals surface area contributed by atoms with Gasteiger partial charge in [0.05, 0.1) is 12.1 Å². The summed E-state index contributed by atoms with van der Waals surface area (Å²) >= 11 is 0. The molecule has 40 heavy (non-hydrogen) atoms. The number of nitrogens with zero attached hydrogens (tertiary/aromatic N) is 1. The first-order chi connectivity index (χ1) is 19.2. The first-order valence-electron chi connectivity index (χ1n) is 13.3. The van der Waals surface area contributed by atoms with Crippen molar-refractivity contribution in [1.82, 2.24) is 20.5 Å². The summed E-state index contributed by atoms with van der Waals surface area (Å²) in [4.78, 5) is 55.9. The number of aliphatic hydroxyl groups is 1. The van der Waals surface area contributed by atoms with E-state index in [0.717, 1.165) is 22.0 Å². The van der Waals surface area contributed by atoms with Crippen molar-refractivity contribution in [2.75, 3.05) is 6.54 Å². The van der Waals surface area contributed by atoms with E-state index >= 15 is 0 Å². The van der Waals surface area contributed by atoms with Gasteiger partial charge in [-0.3, -0.25) is 14.4 Å². The number of nitrogens with one attached hydrogen (secondary N) is 3. The fourth-order valence-electron chi connectivity index (χ4n) is 5.08. The second kappa shape index (κ2) is 12.8. The van der Waals surface area contributed by atoms with Crippen LogP contribution in [0.1, 0.15) is 30.9 Å². The molecule has 0 radical (unpaired) electrons. The third kappa shape index (κ3) is 6.67. The van der Waals surface area contributed by atoms with E-state index in [0.29, 0.717) is 12.8 Å². The third-order valence-electron chi connectivity index (χ3n) is 7.23. The Morgan fingerprint density at radius 3 is 2.42 bits per heavy atom. The van der Waals surface area contributed by atoms with E-state index in [1.54, 1.807) is 6.20 Å². The number of fused-ring (bicyclic) bond motifs is 1. The molecule has 0 aliphatic carbocycles. The van der Waals surface area contributed by atoms with Crippen LogP contribution >= 0.6 is 0 Å². The third-order valence-corrected chi connectivity index (χ3v) is 7.23. The Bertz CT molecular complexity index is 1360. The number of aromatic amines is 1. The predicted octanol–water partition coefficient (Wildman–Crippen LogP) is 0.706. The molecule has 7 N–H and O–H groups in total. The minimum Gasteiger partial charge on any atom is -0.480 e. The highest BCUT2D eigenvalue weighted by Crippen LogP contribution is 2.21. The molecule has 11 nitrogen and oxygen atoms in total. The number of para-hydroxylation sites is 1. The Kier molecular flexibility index (Phi) is 9.18. The molecule has 1 aliphatic heterocycles. The van der Waals surface area contributed by atoms with E-state index in [1.807, 2.05) is 54.6 Å². The number of aromatic nitrogens is 1. The quantitative estimate of drug-likeness (QED) is 0.204. The maximum atomic E-state index is 13.6. The Balaban J connectivity index is 1.55. The number of aliphatic hydroxyl groups excluding tert-OH is 1. The average Bonchev–Trinajstić information content (AvgIpc) is 3.59. The van der Waals surface area contributed by atoms with Gasteiger partial charge in [0, 0.05) is 30.1 Å². The van der Waals surface area contributed by atoms with Crippen molar-refractivity contribution in [2.24, 2.45) is 5.73 Å². The van der Waals surface area contributed by atoms with Crippen molar-refractivity contribution in [1.29, 1.82) is 0 Å². The molecule has 2 aromatic carbocycles. The Morgan fingerprint density at radius 1 is 1.02 bits per heavy atom.